The van der Waals surface area contributed by atoms with Crippen LogP contribution in [-0.4, -0.2) is 74.2 Å². The zero-order chi connectivity index (χ0) is 36.2. The minimum atomic E-state index is -5.92. The molecule has 0 heterocycles. The third-order valence-corrected chi connectivity index (χ3v) is 24.5. The van der Waals surface area contributed by atoms with Gasteiger partial charge < -0.3 is 0 Å². The van der Waals surface area contributed by atoms with Crippen molar-refractivity contribution in [3.05, 3.63) is 29.3 Å². The molecule has 0 aromatic heterocycles. The van der Waals surface area contributed by atoms with Gasteiger partial charge in [-0.1, -0.05) is 0 Å². The third kappa shape index (κ3) is 10.4. The van der Waals surface area contributed by atoms with E-state index in [1.54, 1.807) is 0 Å². The molecule has 1 aliphatic carbocycles. The molecule has 48 heavy (non-hydrogen) atoms. The topological polar surface area (TPSA) is 108 Å². The summed E-state index contributed by atoms with van der Waals surface area (Å²) in [5, 5.41) is 2.43. The molecule has 1 aromatic rings. The second-order valence-corrected chi connectivity index (χ2v) is 25.4. The molecule has 272 valence electrons. The van der Waals surface area contributed by atoms with Crippen LogP contribution in [0.2, 0.25) is 13.3 Å². The number of halogens is 6. The fourth-order valence-electron chi connectivity index (χ4n) is 6.15. The number of nitrogens with one attached hydrogen (secondary N) is 1. The van der Waals surface area contributed by atoms with Crippen molar-refractivity contribution < 1.29 is 59.7 Å². The van der Waals surface area contributed by atoms with Gasteiger partial charge in [0.1, 0.15) is 0 Å². The Morgan fingerprint density at radius 3 is 1.83 bits per heavy atom. The molecule has 0 spiro atoms. The molecule has 15 heteroatoms. The number of unbranched alkanes of at least 4 members (excludes halogenated alkanes) is 3. The van der Waals surface area contributed by atoms with E-state index in [2.05, 4.69) is 10.1 Å². The molecule has 1 N–H and O–H groups in total. The average molecular weight is 802 g/mol. The molecule has 0 saturated heterocycles. The monoisotopic (exact) mass is 803 g/mol. The summed E-state index contributed by atoms with van der Waals surface area (Å²) in [5.74, 6) is -2.77. The van der Waals surface area contributed by atoms with Crippen LogP contribution in [0, 0.1) is 0 Å². The van der Waals surface area contributed by atoms with Gasteiger partial charge in [-0.25, -0.2) is 0 Å². The number of carbonyl (C=O) groups excluding carboxylic acids is 4. The molecule has 0 unspecified atom stereocenters. The van der Waals surface area contributed by atoms with E-state index in [-0.39, 0.29) is 22.0 Å². The van der Waals surface area contributed by atoms with Gasteiger partial charge in [-0.3, -0.25) is 9.59 Å². The van der Waals surface area contributed by atoms with Gasteiger partial charge in [0.25, 0.3) is 0 Å². The number of Topliss-reactive ketones (excluding diaryl/α,β-unsaturated/α-hetero) is 2. The van der Waals surface area contributed by atoms with Crippen molar-refractivity contribution in [3.8, 4) is 0 Å². The quantitative estimate of drug-likeness (QED) is 0.0502. The Bertz CT molecular complexity index is 1200. The number of methoxy groups -OCH3 is 1. The normalized spacial score (nSPS) is 14.9. The van der Waals surface area contributed by atoms with E-state index in [1.807, 2.05) is 20.8 Å². The van der Waals surface area contributed by atoms with Gasteiger partial charge in [0, 0.05) is 12.8 Å². The molecule has 2 rings (SSSR count). The van der Waals surface area contributed by atoms with Crippen LogP contribution < -0.4 is 8.90 Å². The summed E-state index contributed by atoms with van der Waals surface area (Å²) in [6.07, 6.45) is -10.1. The van der Waals surface area contributed by atoms with E-state index in [0.717, 1.165) is 32.4 Å². The van der Waals surface area contributed by atoms with Crippen LogP contribution in [0.15, 0.2) is 18.2 Å². The molecule has 0 radical (unpaired) electrons. The minimum absolute atomic E-state index is 0.0209. The fraction of sp³-hybridized carbons (Fsp3) is 0.697. The van der Waals surface area contributed by atoms with Gasteiger partial charge in [-0.15, -0.1) is 0 Å². The summed E-state index contributed by atoms with van der Waals surface area (Å²) in [4.78, 5) is 48.1. The fourth-order valence-corrected chi connectivity index (χ4v) is 23.0. The van der Waals surface area contributed by atoms with E-state index >= 15 is 0 Å². The Morgan fingerprint density at radius 2 is 1.38 bits per heavy atom. The molecule has 1 fully saturated rings. The molecule has 1 aliphatic rings. The molecule has 1 aromatic carbocycles. The molecule has 1 amide bonds. The van der Waals surface area contributed by atoms with Crippen molar-refractivity contribution in [2.24, 2.45) is 0 Å². The SMILES string of the molecule is CCC[CH2][Sn]([CH2]CCC)([CH2]CCC)[c]1ccc(CNC(=O)CCC(=O)OC2C(=O)CCC2=O)cc1C(OCOC)(C(F)(F)F)C(F)(F)F. The zero-order valence-electron chi connectivity index (χ0n) is 28.0. The van der Waals surface area contributed by atoms with Gasteiger partial charge in [-0.05, 0) is 0 Å². The number of hydrogen-bond acceptors (Lipinski definition) is 7. The first-order valence-electron chi connectivity index (χ1n) is 16.4. The average Bonchev–Trinajstić information content (AvgIpc) is 3.34. The molecule has 0 aliphatic heterocycles. The van der Waals surface area contributed by atoms with Crippen LogP contribution in [0.25, 0.3) is 0 Å². The molecule has 0 atom stereocenters. The van der Waals surface area contributed by atoms with Gasteiger partial charge in [-0.2, -0.15) is 0 Å². The zero-order valence-corrected chi connectivity index (χ0v) is 30.9. The Kier molecular flexibility index (Phi) is 16.3. The second kappa shape index (κ2) is 18.7. The molecule has 8 nitrogen and oxygen atoms in total. The summed E-state index contributed by atoms with van der Waals surface area (Å²) >= 11 is -4.03. The van der Waals surface area contributed by atoms with Crippen molar-refractivity contribution in [3.63, 3.8) is 0 Å². The summed E-state index contributed by atoms with van der Waals surface area (Å²) in [6.45, 7) is 4.11. The standard InChI is InChI=1S/C21H20F6NO7.3C4H9.Sn/c1-33-11-34-19(20(22,23)24,21(25,26)27)13-4-2-3-12(9-13)10-28-16(31)7-8-17(32)35-18-14(29)5-6-15(18)30;3*1-3-4-2;/h2-3,9,18H,5-8,10-11H2,1H3,(H,28,31);3*1,3-4H2,2H3;. The predicted octanol–water partition coefficient (Wildman–Crippen LogP) is 6.92. The van der Waals surface area contributed by atoms with E-state index in [4.69, 9.17) is 9.47 Å². The van der Waals surface area contributed by atoms with Crippen LogP contribution in [0.4, 0.5) is 26.3 Å². The number of rotatable bonds is 20. The third-order valence-electron chi connectivity index (χ3n) is 8.75. The number of ether oxygens (including phenoxy) is 3. The summed E-state index contributed by atoms with van der Waals surface area (Å²) < 4.78 is 106. The van der Waals surface area contributed by atoms with E-state index < -0.39 is 97.6 Å². The number of benzene rings is 1. The van der Waals surface area contributed by atoms with Crippen LogP contribution in [0.5, 0.6) is 0 Å². The first-order chi connectivity index (χ1) is 22.5. The molecular weight excluding hydrogens is 755 g/mol. The number of carbonyl (C=O) groups is 4. The number of amides is 1. The van der Waals surface area contributed by atoms with E-state index in [0.29, 0.717) is 32.6 Å². The summed E-state index contributed by atoms with van der Waals surface area (Å²) in [6, 6.07) is 3.70. The molecular formula is C33H47F6NO7Sn. The van der Waals surface area contributed by atoms with E-state index in [1.165, 1.54) is 12.1 Å². The first-order valence-corrected chi connectivity index (χ1v) is 23.9. The Labute approximate surface area is 281 Å². The number of esters is 1. The summed E-state index contributed by atoms with van der Waals surface area (Å²) in [5.41, 5.74) is -5.70. The Balaban J connectivity index is 2.58. The van der Waals surface area contributed by atoms with Crippen molar-refractivity contribution >= 4 is 45.4 Å². The van der Waals surface area contributed by atoms with Crippen molar-refractivity contribution in [1.29, 1.82) is 0 Å². The van der Waals surface area contributed by atoms with Gasteiger partial charge in [0.05, 0.1) is 0 Å². The van der Waals surface area contributed by atoms with Crippen molar-refractivity contribution in [2.75, 3.05) is 13.9 Å². The van der Waals surface area contributed by atoms with Crippen molar-refractivity contribution in [2.45, 2.75) is 129 Å². The van der Waals surface area contributed by atoms with Gasteiger partial charge >= 0.3 is 249 Å². The summed E-state index contributed by atoms with van der Waals surface area (Å²) in [7, 11) is 0.941. The van der Waals surface area contributed by atoms with Crippen LogP contribution >= 0.6 is 0 Å². The predicted molar refractivity (Wildman–Crippen MR) is 168 cm³/mol. The Hall–Kier alpha value is -2.20. The first kappa shape index (κ1) is 42.0. The van der Waals surface area contributed by atoms with Gasteiger partial charge in [0.15, 0.2) is 11.6 Å². The van der Waals surface area contributed by atoms with Crippen LogP contribution in [0.1, 0.15) is 96.1 Å². The van der Waals surface area contributed by atoms with Crippen molar-refractivity contribution in [1.82, 2.24) is 5.32 Å². The van der Waals surface area contributed by atoms with E-state index in [9.17, 15) is 45.5 Å². The maximum atomic E-state index is 15.0. The van der Waals surface area contributed by atoms with Crippen LogP contribution in [-0.2, 0) is 45.5 Å². The number of hydrogen-bond donors (Lipinski definition) is 1. The van der Waals surface area contributed by atoms with Crippen LogP contribution in [0.3, 0.4) is 0 Å². The number of ketones is 2. The number of alkyl halides is 6. The Morgan fingerprint density at radius 1 is 0.854 bits per heavy atom. The second-order valence-electron chi connectivity index (χ2n) is 12.3. The maximum absolute atomic E-state index is 15.0. The molecule has 0 bridgehead atoms. The van der Waals surface area contributed by atoms with Gasteiger partial charge in [0.2, 0.25) is 0 Å². The molecule has 1 saturated carbocycles.